The van der Waals surface area contributed by atoms with Crippen molar-refractivity contribution in [2.75, 3.05) is 7.11 Å². The van der Waals surface area contributed by atoms with Crippen LogP contribution in [0, 0.1) is 5.82 Å². The van der Waals surface area contributed by atoms with Gasteiger partial charge in [0.05, 0.1) is 17.0 Å². The molecule has 21 heavy (non-hydrogen) atoms. The molecule has 0 spiro atoms. The van der Waals surface area contributed by atoms with Crippen LogP contribution in [0.15, 0.2) is 46.9 Å². The van der Waals surface area contributed by atoms with Crippen LogP contribution in [0.1, 0.15) is 29.3 Å². The van der Waals surface area contributed by atoms with Gasteiger partial charge in [0.25, 0.3) is 0 Å². The Bertz CT molecular complexity index is 655. The Morgan fingerprint density at radius 2 is 1.90 bits per heavy atom. The third kappa shape index (κ3) is 2.58. The number of methoxy groups -OCH3 is 1. The largest absolute Gasteiger partial charge is 0.496 e. The van der Waals surface area contributed by atoms with Crippen molar-refractivity contribution in [3.8, 4) is 5.75 Å². The topological polar surface area (TPSA) is 9.23 Å². The first kappa shape index (κ1) is 14.9. The first-order chi connectivity index (χ1) is 10.1. The van der Waals surface area contributed by atoms with Gasteiger partial charge in [0, 0.05) is 17.0 Å². The van der Waals surface area contributed by atoms with Crippen LogP contribution in [-0.2, 0) is 5.41 Å². The Morgan fingerprint density at radius 1 is 1.24 bits per heavy atom. The number of benzene rings is 2. The number of alkyl halides is 1. The minimum Gasteiger partial charge on any atom is -0.496 e. The maximum absolute atomic E-state index is 13.7. The number of rotatable bonds is 4. The summed E-state index contributed by atoms with van der Waals surface area (Å²) in [5, 5.41) is -0.244. The molecule has 0 amide bonds. The van der Waals surface area contributed by atoms with Crippen molar-refractivity contribution in [3.63, 3.8) is 0 Å². The van der Waals surface area contributed by atoms with Crippen molar-refractivity contribution in [1.29, 1.82) is 0 Å². The van der Waals surface area contributed by atoms with E-state index in [9.17, 15) is 4.39 Å². The first-order valence-corrected chi connectivity index (χ1v) is 8.04. The van der Waals surface area contributed by atoms with Gasteiger partial charge in [0.1, 0.15) is 11.6 Å². The van der Waals surface area contributed by atoms with Gasteiger partial charge >= 0.3 is 0 Å². The van der Waals surface area contributed by atoms with Gasteiger partial charge in [-0.15, -0.1) is 11.6 Å². The van der Waals surface area contributed by atoms with Crippen LogP contribution >= 0.6 is 27.5 Å². The molecular weight excluding hydrogens is 355 g/mol. The SMILES string of the molecule is COc1cc(F)c(Br)cc1C(Cl)C1(c2ccccc2)CC1. The van der Waals surface area contributed by atoms with Crippen LogP contribution in [0.2, 0.25) is 0 Å². The third-order valence-corrected chi connectivity index (χ3v) is 5.43. The smallest absolute Gasteiger partial charge is 0.141 e. The van der Waals surface area contributed by atoms with E-state index >= 15 is 0 Å². The molecule has 0 saturated heterocycles. The molecule has 2 aromatic rings. The Labute approximate surface area is 137 Å². The van der Waals surface area contributed by atoms with Gasteiger partial charge < -0.3 is 4.74 Å². The molecule has 1 atom stereocenters. The van der Waals surface area contributed by atoms with Crippen molar-refractivity contribution in [2.24, 2.45) is 0 Å². The van der Waals surface area contributed by atoms with Crippen LogP contribution in [0.25, 0.3) is 0 Å². The van der Waals surface area contributed by atoms with Crippen LogP contribution < -0.4 is 4.74 Å². The fourth-order valence-corrected chi connectivity index (χ4v) is 3.69. The Kier molecular flexibility index (Phi) is 3.98. The summed E-state index contributed by atoms with van der Waals surface area (Å²) in [6, 6.07) is 13.4. The molecule has 0 bridgehead atoms. The Balaban J connectivity index is 2.03. The van der Waals surface area contributed by atoms with Crippen molar-refractivity contribution in [2.45, 2.75) is 23.6 Å². The second kappa shape index (κ2) is 5.62. The van der Waals surface area contributed by atoms with E-state index in [1.165, 1.54) is 18.7 Å². The summed E-state index contributed by atoms with van der Waals surface area (Å²) >= 11 is 10.0. The van der Waals surface area contributed by atoms with Gasteiger partial charge in [-0.25, -0.2) is 4.39 Å². The predicted molar refractivity (Wildman–Crippen MR) is 86.6 cm³/mol. The van der Waals surface area contributed by atoms with Crippen molar-refractivity contribution in [1.82, 2.24) is 0 Å². The second-order valence-corrected chi connectivity index (χ2v) is 6.68. The number of hydrogen-bond acceptors (Lipinski definition) is 1. The predicted octanol–water partition coefficient (Wildman–Crippen LogP) is 5.61. The molecule has 1 unspecified atom stereocenters. The summed E-state index contributed by atoms with van der Waals surface area (Å²) < 4.78 is 19.4. The molecule has 2 aromatic carbocycles. The summed E-state index contributed by atoms with van der Waals surface area (Å²) in [5.41, 5.74) is 1.98. The molecule has 4 heteroatoms. The van der Waals surface area contributed by atoms with Crippen molar-refractivity contribution in [3.05, 3.63) is 63.9 Å². The molecule has 3 rings (SSSR count). The third-order valence-electron chi connectivity index (χ3n) is 4.17. The maximum atomic E-state index is 13.7. The van der Waals surface area contributed by atoms with E-state index in [1.54, 1.807) is 6.07 Å². The molecular formula is C17H15BrClFO. The summed E-state index contributed by atoms with van der Waals surface area (Å²) in [6.07, 6.45) is 2.06. The second-order valence-electron chi connectivity index (χ2n) is 5.39. The maximum Gasteiger partial charge on any atom is 0.141 e. The molecule has 0 heterocycles. The first-order valence-electron chi connectivity index (χ1n) is 6.81. The lowest BCUT2D eigenvalue weighted by atomic mass is 9.88. The van der Waals surface area contributed by atoms with E-state index in [2.05, 4.69) is 28.1 Å². The minimum atomic E-state index is -0.343. The van der Waals surface area contributed by atoms with E-state index in [4.69, 9.17) is 16.3 Å². The highest BCUT2D eigenvalue weighted by Gasteiger charge is 2.51. The number of halogens is 3. The molecule has 110 valence electrons. The van der Waals surface area contributed by atoms with Gasteiger partial charge in [-0.2, -0.15) is 0 Å². The fourth-order valence-electron chi connectivity index (χ4n) is 2.81. The van der Waals surface area contributed by atoms with E-state index in [1.807, 2.05) is 18.2 Å². The minimum absolute atomic E-state index is 0.0760. The summed E-state index contributed by atoms with van der Waals surface area (Å²) in [7, 11) is 1.54. The van der Waals surface area contributed by atoms with E-state index < -0.39 is 0 Å². The van der Waals surface area contributed by atoms with E-state index in [-0.39, 0.29) is 16.6 Å². The monoisotopic (exact) mass is 368 g/mol. The Morgan fingerprint density at radius 3 is 2.48 bits per heavy atom. The van der Waals surface area contributed by atoms with Gasteiger partial charge in [-0.1, -0.05) is 30.3 Å². The molecule has 1 fully saturated rings. The van der Waals surface area contributed by atoms with Gasteiger partial charge in [0.15, 0.2) is 0 Å². The quantitative estimate of drug-likeness (QED) is 0.637. The fraction of sp³-hybridized carbons (Fsp3) is 0.294. The van der Waals surface area contributed by atoms with Crippen molar-refractivity contribution >= 4 is 27.5 Å². The molecule has 0 aliphatic heterocycles. The number of ether oxygens (including phenoxy) is 1. The highest BCUT2D eigenvalue weighted by atomic mass is 79.9. The number of hydrogen-bond donors (Lipinski definition) is 0. The van der Waals surface area contributed by atoms with E-state index in [0.717, 1.165) is 18.4 Å². The highest BCUT2D eigenvalue weighted by Crippen LogP contribution is 2.60. The molecule has 1 nitrogen and oxygen atoms in total. The molecule has 1 aliphatic carbocycles. The normalized spacial score (nSPS) is 17.3. The van der Waals surface area contributed by atoms with Gasteiger partial charge in [0.2, 0.25) is 0 Å². The lowest BCUT2D eigenvalue weighted by Crippen LogP contribution is -2.15. The van der Waals surface area contributed by atoms with Gasteiger partial charge in [-0.05, 0) is 40.4 Å². The molecule has 1 saturated carbocycles. The van der Waals surface area contributed by atoms with Crippen LogP contribution in [-0.4, -0.2) is 7.11 Å². The zero-order chi connectivity index (χ0) is 15.0. The molecule has 0 N–H and O–H groups in total. The molecule has 0 aromatic heterocycles. The zero-order valence-corrected chi connectivity index (χ0v) is 13.9. The summed E-state index contributed by atoms with van der Waals surface area (Å²) in [5.74, 6) is 0.155. The van der Waals surface area contributed by atoms with Crippen LogP contribution in [0.5, 0.6) is 5.75 Å². The zero-order valence-electron chi connectivity index (χ0n) is 11.6. The molecule has 1 aliphatic rings. The summed E-state index contributed by atoms with van der Waals surface area (Å²) in [4.78, 5) is 0. The lowest BCUT2D eigenvalue weighted by Gasteiger charge is -2.24. The standard InChI is InChI=1S/C17H15BrClFO/c1-21-15-10-14(20)13(18)9-12(15)16(19)17(7-8-17)11-5-3-2-4-6-11/h2-6,9-10,16H,7-8H2,1H3. The Hall–Kier alpha value is -1.06. The summed E-state index contributed by atoms with van der Waals surface area (Å²) in [6.45, 7) is 0. The van der Waals surface area contributed by atoms with E-state index in [0.29, 0.717) is 10.2 Å². The van der Waals surface area contributed by atoms with Crippen LogP contribution in [0.4, 0.5) is 4.39 Å². The molecule has 0 radical (unpaired) electrons. The van der Waals surface area contributed by atoms with Gasteiger partial charge in [-0.3, -0.25) is 0 Å². The average molecular weight is 370 g/mol. The highest BCUT2D eigenvalue weighted by molar-refractivity contribution is 9.10. The average Bonchev–Trinajstić information content (AvgIpc) is 3.31. The van der Waals surface area contributed by atoms with Crippen LogP contribution in [0.3, 0.4) is 0 Å². The lowest BCUT2D eigenvalue weighted by molar-refractivity contribution is 0.402. The van der Waals surface area contributed by atoms with Crippen molar-refractivity contribution < 1.29 is 9.13 Å².